The van der Waals surface area contributed by atoms with E-state index in [-0.39, 0.29) is 18.8 Å². The lowest BCUT2D eigenvalue weighted by Crippen LogP contribution is -2.45. The Kier molecular flexibility index (Phi) is 14.2. The van der Waals surface area contributed by atoms with Gasteiger partial charge in [0, 0.05) is 81.6 Å². The molecule has 0 aliphatic heterocycles. The zero-order chi connectivity index (χ0) is 38.3. The number of aromatic nitrogens is 4. The number of alkyl carbamates (subject to hydrolysis) is 1. The highest BCUT2D eigenvalue weighted by atomic mass is 16.6. The van der Waals surface area contributed by atoms with Crippen LogP contribution in [0.3, 0.4) is 0 Å². The topological polar surface area (TPSA) is 143 Å². The average Bonchev–Trinajstić information content (AvgIpc) is 3.14. The number of phenolic OH excluding ortho intramolecular Hbond substituents is 1. The number of ether oxygens (including phenoxy) is 2. The van der Waals surface area contributed by atoms with Crippen LogP contribution in [0.1, 0.15) is 67.2 Å². The first-order valence-electron chi connectivity index (χ1n) is 18.1. The number of hydrogen-bond acceptors (Lipinski definition) is 11. The number of pyridine rings is 4. The molecule has 0 saturated carbocycles. The van der Waals surface area contributed by atoms with Crippen molar-refractivity contribution in [1.82, 2.24) is 35.1 Å². The molecule has 1 unspecified atom stereocenters. The van der Waals surface area contributed by atoms with E-state index in [0.717, 1.165) is 28.3 Å². The van der Waals surface area contributed by atoms with Gasteiger partial charge in [-0.1, -0.05) is 36.4 Å². The monoisotopic (exact) mass is 731 g/mol. The lowest BCUT2D eigenvalue weighted by Gasteiger charge is -2.26. The molecule has 0 fully saturated rings. The standard InChI is InChI=1S/C42H49N7O5/c1-5-53-40(51)38(47-41(52)54-42(2,3)4)24-31-22-32(25-48(27-34-14-6-10-18-43-34)28-35-15-7-11-19-44-35)39(50)33(23-31)26-49(29-36-16-8-12-20-45-36)30-37-17-9-13-21-46-37/h6-23,38,50H,5,24-30H2,1-4H3,(H,47,52). The number of hydrogen-bond donors (Lipinski definition) is 2. The van der Waals surface area contributed by atoms with Crippen LogP contribution in [0.4, 0.5) is 4.79 Å². The van der Waals surface area contributed by atoms with Crippen LogP contribution >= 0.6 is 0 Å². The van der Waals surface area contributed by atoms with Crippen molar-refractivity contribution < 1.29 is 24.2 Å². The number of aromatic hydroxyl groups is 1. The average molecular weight is 732 g/mol. The van der Waals surface area contributed by atoms with Gasteiger partial charge in [0.15, 0.2) is 0 Å². The molecule has 282 valence electrons. The molecule has 4 aromatic heterocycles. The first kappa shape index (κ1) is 39.5. The second-order valence-electron chi connectivity index (χ2n) is 14.0. The Bertz CT molecular complexity index is 1720. The van der Waals surface area contributed by atoms with Crippen LogP contribution in [0.15, 0.2) is 110 Å². The van der Waals surface area contributed by atoms with E-state index in [1.807, 2.05) is 84.9 Å². The number of amides is 1. The van der Waals surface area contributed by atoms with Crippen molar-refractivity contribution in [3.8, 4) is 5.75 Å². The molecule has 0 aliphatic carbocycles. The van der Waals surface area contributed by atoms with E-state index in [4.69, 9.17) is 9.47 Å². The Labute approximate surface area is 317 Å². The van der Waals surface area contributed by atoms with Crippen molar-refractivity contribution in [1.29, 1.82) is 0 Å². The number of benzene rings is 1. The summed E-state index contributed by atoms with van der Waals surface area (Å²) in [5.74, 6) is -0.455. The van der Waals surface area contributed by atoms with Gasteiger partial charge in [0.25, 0.3) is 0 Å². The highest BCUT2D eigenvalue weighted by Crippen LogP contribution is 2.30. The van der Waals surface area contributed by atoms with Crippen LogP contribution in [0, 0.1) is 0 Å². The van der Waals surface area contributed by atoms with Crippen molar-refractivity contribution >= 4 is 12.1 Å². The Morgan fingerprint density at radius 2 is 1.09 bits per heavy atom. The fourth-order valence-electron chi connectivity index (χ4n) is 6.01. The Balaban J connectivity index is 1.54. The molecule has 0 spiro atoms. The molecule has 12 nitrogen and oxygen atoms in total. The summed E-state index contributed by atoms with van der Waals surface area (Å²) in [6, 6.07) is 25.9. The molecule has 54 heavy (non-hydrogen) atoms. The maximum absolute atomic E-state index is 13.3. The van der Waals surface area contributed by atoms with E-state index in [1.54, 1.807) is 52.5 Å². The second-order valence-corrected chi connectivity index (χ2v) is 14.0. The van der Waals surface area contributed by atoms with Crippen LogP contribution in [0.2, 0.25) is 0 Å². The smallest absolute Gasteiger partial charge is 0.408 e. The van der Waals surface area contributed by atoms with Crippen LogP contribution in [-0.4, -0.2) is 65.2 Å². The fraction of sp³-hybridized carbons (Fsp3) is 0.333. The van der Waals surface area contributed by atoms with Crippen molar-refractivity contribution in [3.05, 3.63) is 149 Å². The quantitative estimate of drug-likeness (QED) is 0.103. The summed E-state index contributed by atoms with van der Waals surface area (Å²) in [7, 11) is 0. The van der Waals surface area contributed by atoms with Gasteiger partial charge in [-0.05, 0) is 81.8 Å². The summed E-state index contributed by atoms with van der Waals surface area (Å²) in [4.78, 5) is 48.8. The van der Waals surface area contributed by atoms with E-state index in [2.05, 4.69) is 35.1 Å². The van der Waals surface area contributed by atoms with Crippen molar-refractivity contribution in [2.45, 2.75) is 85.0 Å². The normalized spacial score (nSPS) is 12.0. The SMILES string of the molecule is CCOC(=O)C(Cc1cc(CN(Cc2ccccn2)Cc2ccccn2)c(O)c(CN(Cc2ccccn2)Cc2ccccn2)c1)NC(=O)OC(C)(C)C. The minimum absolute atomic E-state index is 0.0965. The number of rotatable bonds is 17. The molecule has 1 amide bonds. The molecule has 1 aromatic carbocycles. The molecular formula is C42H49N7O5. The number of phenols is 1. The minimum atomic E-state index is -1.04. The number of nitrogens with zero attached hydrogens (tertiary/aromatic N) is 6. The van der Waals surface area contributed by atoms with Crippen molar-refractivity contribution in [3.63, 3.8) is 0 Å². The van der Waals surface area contributed by atoms with Gasteiger partial charge in [0.1, 0.15) is 17.4 Å². The second kappa shape index (κ2) is 19.4. The van der Waals surface area contributed by atoms with Crippen LogP contribution in [0.25, 0.3) is 0 Å². The number of carbonyl (C=O) groups excluding carboxylic acids is 2. The summed E-state index contributed by atoms with van der Waals surface area (Å²) in [6.45, 7) is 9.78. The van der Waals surface area contributed by atoms with Gasteiger partial charge in [-0.2, -0.15) is 0 Å². The Morgan fingerprint density at radius 1 is 0.685 bits per heavy atom. The lowest BCUT2D eigenvalue weighted by atomic mass is 9.97. The third kappa shape index (κ3) is 12.7. The molecule has 2 N–H and O–H groups in total. The molecule has 5 rings (SSSR count). The molecule has 0 aliphatic rings. The molecule has 0 bridgehead atoms. The number of nitrogens with one attached hydrogen (secondary N) is 1. The maximum atomic E-state index is 13.3. The Hall–Kier alpha value is -5.72. The van der Waals surface area contributed by atoms with Crippen LogP contribution in [-0.2, 0) is 60.0 Å². The summed E-state index contributed by atoms with van der Waals surface area (Å²) in [5, 5.41) is 14.8. The number of esters is 1. The summed E-state index contributed by atoms with van der Waals surface area (Å²) >= 11 is 0. The summed E-state index contributed by atoms with van der Waals surface area (Å²) in [5.41, 5.74) is 4.70. The minimum Gasteiger partial charge on any atom is -0.507 e. The first-order chi connectivity index (χ1) is 26.0. The zero-order valence-corrected chi connectivity index (χ0v) is 31.4. The highest BCUT2D eigenvalue weighted by molar-refractivity contribution is 5.81. The van der Waals surface area contributed by atoms with Gasteiger partial charge in [-0.15, -0.1) is 0 Å². The van der Waals surface area contributed by atoms with Crippen LogP contribution in [0.5, 0.6) is 5.75 Å². The van der Waals surface area contributed by atoms with Gasteiger partial charge >= 0.3 is 12.1 Å². The van der Waals surface area contributed by atoms with Gasteiger partial charge in [-0.3, -0.25) is 29.7 Å². The van der Waals surface area contributed by atoms with E-state index in [9.17, 15) is 14.7 Å². The van der Waals surface area contributed by atoms with E-state index in [1.165, 1.54) is 0 Å². The third-order valence-corrected chi connectivity index (χ3v) is 8.26. The van der Waals surface area contributed by atoms with Crippen LogP contribution < -0.4 is 5.32 Å². The van der Waals surface area contributed by atoms with E-state index >= 15 is 0 Å². The van der Waals surface area contributed by atoms with E-state index < -0.39 is 23.7 Å². The van der Waals surface area contributed by atoms with E-state index in [0.29, 0.717) is 50.4 Å². The largest absolute Gasteiger partial charge is 0.507 e. The number of carbonyl (C=O) groups is 2. The van der Waals surface area contributed by atoms with Crippen molar-refractivity contribution in [2.75, 3.05) is 6.61 Å². The fourth-order valence-corrected chi connectivity index (χ4v) is 6.01. The maximum Gasteiger partial charge on any atom is 0.408 e. The molecule has 12 heteroatoms. The van der Waals surface area contributed by atoms with Crippen molar-refractivity contribution in [2.24, 2.45) is 0 Å². The van der Waals surface area contributed by atoms with Gasteiger partial charge in [-0.25, -0.2) is 9.59 Å². The molecule has 1 atom stereocenters. The lowest BCUT2D eigenvalue weighted by molar-refractivity contribution is -0.145. The Morgan fingerprint density at radius 3 is 1.43 bits per heavy atom. The summed E-state index contributed by atoms with van der Waals surface area (Å²) in [6.07, 6.45) is 6.41. The highest BCUT2D eigenvalue weighted by Gasteiger charge is 2.27. The first-order valence-corrected chi connectivity index (χ1v) is 18.1. The zero-order valence-electron chi connectivity index (χ0n) is 31.4. The predicted molar refractivity (Wildman–Crippen MR) is 204 cm³/mol. The third-order valence-electron chi connectivity index (χ3n) is 8.26. The molecule has 4 heterocycles. The van der Waals surface area contributed by atoms with Gasteiger partial charge in [0.05, 0.1) is 29.4 Å². The van der Waals surface area contributed by atoms with Gasteiger partial charge in [0.2, 0.25) is 0 Å². The predicted octanol–water partition coefficient (Wildman–Crippen LogP) is 6.38. The van der Waals surface area contributed by atoms with Gasteiger partial charge < -0.3 is 19.9 Å². The molecule has 0 saturated heterocycles. The summed E-state index contributed by atoms with van der Waals surface area (Å²) < 4.78 is 10.9. The molecular weight excluding hydrogens is 683 g/mol. The molecule has 0 radical (unpaired) electrons. The molecule has 5 aromatic rings.